The van der Waals surface area contributed by atoms with Gasteiger partial charge in [0.05, 0.1) is 45.2 Å². The van der Waals surface area contributed by atoms with Gasteiger partial charge in [0.1, 0.15) is 71.2 Å². The predicted molar refractivity (Wildman–Crippen MR) is 288 cm³/mol. The van der Waals surface area contributed by atoms with Gasteiger partial charge in [-0.1, -0.05) is 0 Å². The number of nitrogens with one attached hydrogen (secondary N) is 2. The van der Waals surface area contributed by atoms with Gasteiger partial charge in [-0.05, 0) is 97.1 Å². The number of carboxylic acids is 1. The minimum absolute atomic E-state index is 0. The molecule has 8 heterocycles. The van der Waals surface area contributed by atoms with Gasteiger partial charge in [-0.3, -0.25) is 14.7 Å². The third-order valence-corrected chi connectivity index (χ3v) is 14.4. The van der Waals surface area contributed by atoms with E-state index in [0.29, 0.717) is 139 Å². The average molecular weight is 1100 g/mol. The van der Waals surface area contributed by atoms with Crippen LogP contribution in [0.2, 0.25) is 0 Å². The maximum absolute atomic E-state index is 11.6. The minimum Gasteiger partial charge on any atom is -0.492 e. The van der Waals surface area contributed by atoms with Crippen LogP contribution in [0.3, 0.4) is 0 Å². The number of H-pyrrole nitrogens is 2. The molecule has 5 aliphatic rings. The van der Waals surface area contributed by atoms with Gasteiger partial charge in [0.15, 0.2) is 23.3 Å². The molecule has 21 heteroatoms. The van der Waals surface area contributed by atoms with Crippen molar-refractivity contribution in [3.63, 3.8) is 0 Å². The summed E-state index contributed by atoms with van der Waals surface area (Å²) >= 11 is 0. The number of carboxylic acid groups (broad SMARTS) is 1. The molecule has 0 atom stereocenters. The van der Waals surface area contributed by atoms with Crippen LogP contribution in [0.1, 0.15) is 10.4 Å². The van der Waals surface area contributed by atoms with Gasteiger partial charge in [-0.25, -0.2) is 34.7 Å². The van der Waals surface area contributed by atoms with Crippen LogP contribution in [0, 0.1) is 0 Å². The summed E-state index contributed by atoms with van der Waals surface area (Å²) in [6.45, 7) is 13.3. The van der Waals surface area contributed by atoms with E-state index < -0.39 is 5.97 Å². The first-order valence-corrected chi connectivity index (χ1v) is 26.1. The standard InChI is InChI=1S/C57H55N11O9.Zn/c69-57(70)35-1-3-36(4-2-35)77-40-8-12-44-48(34-40)56-60-50(44)58-49-41-9-5-37(74-28-19-66-13-22-71-23-14-66)31-45(41)53(59-49)61-51-42-10-6-38(75-29-20-67-15-24-72-25-16-67)32-46(42)54(62-51)63-52-43-11-7-39(33-47(43)55(64-52)65-56)76-30-21-68-17-26-73-27-18-68;/h1-12,31-34H,13-30H2,(H,69,70)(H2,58,59,60,61,62,63,64,65);/q;+2. The summed E-state index contributed by atoms with van der Waals surface area (Å²) in [4.78, 5) is 57.2. The van der Waals surface area contributed by atoms with Crippen molar-refractivity contribution in [2.24, 2.45) is 0 Å². The van der Waals surface area contributed by atoms with Crippen LogP contribution in [0.15, 0.2) is 97.1 Å². The van der Waals surface area contributed by atoms with Crippen LogP contribution < -0.4 is 18.9 Å². The Labute approximate surface area is 460 Å². The molecule has 392 valence electrons. The van der Waals surface area contributed by atoms with E-state index in [1.54, 1.807) is 12.1 Å². The number of aromatic amines is 2. The van der Waals surface area contributed by atoms with Crippen molar-refractivity contribution in [2.45, 2.75) is 0 Å². The number of aromatic nitrogens is 8. The summed E-state index contributed by atoms with van der Waals surface area (Å²) in [6.07, 6.45) is 0. The Morgan fingerprint density at radius 1 is 0.436 bits per heavy atom. The SMILES string of the molecule is O=C(O)c1ccc(Oc2ccc3c4nc5[nH]c(nc6nc(nc7nc(nc([nH]4)c3c2)-c2cc(OCCN3CCOCC3)ccc2-7)-c2cc(OCCN3CCOCC3)ccc2-6)c2cc(OCCN3CCOCC3)ccc52)cc1.[Zn+2]. The molecule has 20 nitrogen and oxygen atoms in total. The Bertz CT molecular complexity index is 3690. The molecule has 13 rings (SSSR count). The zero-order valence-corrected chi connectivity index (χ0v) is 45.9. The van der Waals surface area contributed by atoms with Crippen LogP contribution in [0.5, 0.6) is 28.7 Å². The van der Waals surface area contributed by atoms with Crippen LogP contribution in [0.4, 0.5) is 0 Å². The van der Waals surface area contributed by atoms with Crippen molar-refractivity contribution in [3.8, 4) is 74.3 Å². The topological polar surface area (TPSA) is 221 Å². The molecule has 0 spiro atoms. The molecule has 3 saturated heterocycles. The van der Waals surface area contributed by atoms with E-state index in [-0.39, 0.29) is 25.0 Å². The Morgan fingerprint density at radius 3 is 1.28 bits per heavy atom. The minimum atomic E-state index is -1.02. The van der Waals surface area contributed by atoms with Crippen LogP contribution >= 0.6 is 0 Å². The van der Waals surface area contributed by atoms with E-state index in [4.69, 9.17) is 63.1 Å². The van der Waals surface area contributed by atoms with E-state index in [9.17, 15) is 9.90 Å². The molecule has 0 amide bonds. The summed E-state index contributed by atoms with van der Waals surface area (Å²) in [5.41, 5.74) is 5.22. The fourth-order valence-electron chi connectivity index (χ4n) is 10.2. The summed E-state index contributed by atoms with van der Waals surface area (Å²) in [6, 6.07) is 29.7. The van der Waals surface area contributed by atoms with Crippen molar-refractivity contribution in [3.05, 3.63) is 103 Å². The van der Waals surface area contributed by atoms with Crippen LogP contribution in [-0.4, -0.2) is 184 Å². The van der Waals surface area contributed by atoms with E-state index >= 15 is 0 Å². The predicted octanol–water partition coefficient (Wildman–Crippen LogP) is 7.49. The number of benzene rings is 5. The Hall–Kier alpha value is -7.49. The number of rotatable bonds is 15. The maximum Gasteiger partial charge on any atom is 2.00 e. The maximum atomic E-state index is 11.6. The second kappa shape index (κ2) is 22.8. The van der Waals surface area contributed by atoms with E-state index in [1.807, 2.05) is 72.8 Å². The molecule has 0 unspecified atom stereocenters. The van der Waals surface area contributed by atoms with Gasteiger partial charge in [0.25, 0.3) is 0 Å². The van der Waals surface area contributed by atoms with Gasteiger partial charge < -0.3 is 48.2 Å². The van der Waals surface area contributed by atoms with Crippen LogP contribution in [-0.2, 0) is 33.7 Å². The molecule has 3 aromatic heterocycles. The number of hydrogen-bond acceptors (Lipinski definition) is 17. The number of morpholine rings is 3. The molecule has 5 aliphatic heterocycles. The van der Waals surface area contributed by atoms with Gasteiger partial charge in [-0.15, -0.1) is 0 Å². The van der Waals surface area contributed by atoms with Crippen molar-refractivity contribution in [2.75, 3.05) is 118 Å². The number of carbonyl (C=O) groups is 1. The first-order valence-electron chi connectivity index (χ1n) is 26.1. The Morgan fingerprint density at radius 2 is 0.808 bits per heavy atom. The second-order valence-corrected chi connectivity index (χ2v) is 19.3. The molecule has 3 fully saturated rings. The summed E-state index contributed by atoms with van der Waals surface area (Å²) in [7, 11) is 0. The molecular formula is C57H55N11O9Zn+2. The smallest absolute Gasteiger partial charge is 0.492 e. The third-order valence-electron chi connectivity index (χ3n) is 14.4. The monoisotopic (exact) mass is 1100 g/mol. The Balaban J connectivity index is 0.00000609. The molecule has 0 radical (unpaired) electrons. The number of hydrogen-bond donors (Lipinski definition) is 3. The molecular weight excluding hydrogens is 1050 g/mol. The molecule has 0 saturated carbocycles. The first kappa shape index (κ1) is 51.3. The van der Waals surface area contributed by atoms with Crippen LogP contribution in [0.25, 0.3) is 89.7 Å². The summed E-state index contributed by atoms with van der Waals surface area (Å²) in [5, 5.41) is 12.6. The normalized spacial score (nSPS) is 15.8. The summed E-state index contributed by atoms with van der Waals surface area (Å²) in [5.74, 6) is 3.68. The fourth-order valence-corrected chi connectivity index (χ4v) is 10.2. The average Bonchev–Trinajstić information content (AvgIpc) is 4.33. The largest absolute Gasteiger partial charge is 2.00 e. The number of nitrogens with zero attached hydrogens (tertiary/aromatic N) is 9. The van der Waals surface area contributed by atoms with Gasteiger partial charge in [0, 0.05) is 103 Å². The second-order valence-electron chi connectivity index (χ2n) is 19.3. The van der Waals surface area contributed by atoms with Crippen molar-refractivity contribution in [1.29, 1.82) is 0 Å². The molecule has 8 aromatic rings. The molecule has 0 aliphatic carbocycles. The van der Waals surface area contributed by atoms with Crippen molar-refractivity contribution < 1.29 is 62.5 Å². The van der Waals surface area contributed by atoms with Gasteiger partial charge >= 0.3 is 25.4 Å². The van der Waals surface area contributed by atoms with Crippen molar-refractivity contribution >= 4 is 50.1 Å². The van der Waals surface area contributed by atoms with Crippen molar-refractivity contribution in [1.82, 2.24) is 54.6 Å². The zero-order chi connectivity index (χ0) is 51.7. The number of aromatic carboxylic acids is 1. The van der Waals surface area contributed by atoms with E-state index in [1.165, 1.54) is 12.1 Å². The third kappa shape index (κ3) is 11.0. The van der Waals surface area contributed by atoms with E-state index in [0.717, 1.165) is 97.3 Å². The molecule has 78 heavy (non-hydrogen) atoms. The quantitative estimate of drug-likeness (QED) is 0.0847. The summed E-state index contributed by atoms with van der Waals surface area (Å²) < 4.78 is 42.2. The van der Waals surface area contributed by atoms with Gasteiger partial charge in [0.2, 0.25) is 0 Å². The zero-order valence-electron chi connectivity index (χ0n) is 42.9. The Kier molecular flexibility index (Phi) is 15.0. The fraction of sp³-hybridized carbons (Fsp3) is 0.316. The molecule has 8 bridgehead atoms. The first-order chi connectivity index (χ1) is 37.9. The molecule has 5 aromatic carbocycles. The van der Waals surface area contributed by atoms with E-state index in [2.05, 4.69) is 24.7 Å². The molecule has 3 N–H and O–H groups in total. The van der Waals surface area contributed by atoms with Gasteiger partial charge in [-0.2, -0.15) is 0 Å². The number of ether oxygens (including phenoxy) is 7. The number of fused-ring (bicyclic) bond motifs is 20.